The van der Waals surface area contributed by atoms with E-state index in [2.05, 4.69) is 16.3 Å². The topological polar surface area (TPSA) is 36.8 Å². The van der Waals surface area contributed by atoms with Gasteiger partial charge in [0.05, 0.1) is 36.9 Å². The smallest absolute Gasteiger partial charge is 0.255 e. The molecule has 32 heavy (non-hydrogen) atoms. The molecular formula is C26H28Cl2N3O+. The number of quaternary nitrogens is 1. The highest BCUT2D eigenvalue weighted by molar-refractivity contribution is 6.33. The van der Waals surface area contributed by atoms with Gasteiger partial charge in [-0.05, 0) is 49.7 Å². The van der Waals surface area contributed by atoms with Gasteiger partial charge in [-0.1, -0.05) is 59.1 Å². The van der Waals surface area contributed by atoms with E-state index in [0.29, 0.717) is 16.3 Å². The van der Waals surface area contributed by atoms with Crippen molar-refractivity contribution >= 4 is 40.5 Å². The lowest BCUT2D eigenvalue weighted by Crippen LogP contribution is -3.13. The molecule has 0 aromatic heterocycles. The van der Waals surface area contributed by atoms with Crippen LogP contribution in [0.5, 0.6) is 0 Å². The molecule has 0 bridgehead atoms. The molecule has 6 heteroatoms. The Balaban J connectivity index is 1.37. The molecule has 0 saturated carbocycles. The maximum absolute atomic E-state index is 12.7. The number of anilines is 2. The van der Waals surface area contributed by atoms with Gasteiger partial charge in [-0.25, -0.2) is 0 Å². The van der Waals surface area contributed by atoms with Crippen LogP contribution in [-0.4, -0.2) is 32.1 Å². The minimum atomic E-state index is -0.122. The van der Waals surface area contributed by atoms with Gasteiger partial charge < -0.3 is 15.1 Å². The van der Waals surface area contributed by atoms with Crippen molar-refractivity contribution in [3.63, 3.8) is 0 Å². The summed E-state index contributed by atoms with van der Waals surface area (Å²) in [5.74, 6) is -0.122. The zero-order valence-corrected chi connectivity index (χ0v) is 19.9. The average Bonchev–Trinajstić information content (AvgIpc) is 2.76. The Kier molecular flexibility index (Phi) is 7.04. The Bertz CT molecular complexity index is 1120. The molecule has 0 atom stereocenters. The first-order chi connectivity index (χ1) is 15.4. The van der Waals surface area contributed by atoms with E-state index in [-0.39, 0.29) is 5.91 Å². The third-order valence-electron chi connectivity index (χ3n) is 6.04. The van der Waals surface area contributed by atoms with Crippen molar-refractivity contribution < 1.29 is 9.69 Å². The fourth-order valence-electron chi connectivity index (χ4n) is 4.26. The summed E-state index contributed by atoms with van der Waals surface area (Å²) in [4.78, 5) is 16.5. The minimum absolute atomic E-state index is 0.122. The highest BCUT2D eigenvalue weighted by atomic mass is 35.5. The Hall–Kier alpha value is -2.53. The van der Waals surface area contributed by atoms with Crippen LogP contribution in [0.3, 0.4) is 0 Å². The summed E-state index contributed by atoms with van der Waals surface area (Å²) in [5.41, 5.74) is 5.68. The van der Waals surface area contributed by atoms with Gasteiger partial charge >= 0.3 is 0 Å². The van der Waals surface area contributed by atoms with Gasteiger partial charge in [-0.2, -0.15) is 0 Å². The molecule has 4 rings (SSSR count). The molecule has 1 fully saturated rings. The number of nitrogens with one attached hydrogen (secondary N) is 2. The second-order valence-electron chi connectivity index (χ2n) is 8.44. The standard InChI is InChI=1S/C26H27Cl2N3O/c1-18-7-9-22(19(2)15-18)26(32)29-21-8-10-25(24(28)16-21)31-13-11-30(12-14-31)17-20-5-3-4-6-23(20)27/h3-10,15-16H,11-14,17H2,1-2H3,(H,29,32)/p+1. The van der Waals surface area contributed by atoms with E-state index in [1.54, 1.807) is 0 Å². The van der Waals surface area contributed by atoms with Crippen LogP contribution in [0.15, 0.2) is 60.7 Å². The highest BCUT2D eigenvalue weighted by Crippen LogP contribution is 2.29. The van der Waals surface area contributed by atoms with E-state index < -0.39 is 0 Å². The second kappa shape index (κ2) is 9.95. The Morgan fingerprint density at radius 2 is 1.72 bits per heavy atom. The molecule has 3 aromatic rings. The van der Waals surface area contributed by atoms with Gasteiger partial charge in [0.25, 0.3) is 5.91 Å². The number of amides is 1. The molecule has 3 aromatic carbocycles. The molecule has 1 amide bonds. The summed E-state index contributed by atoms with van der Waals surface area (Å²) in [5, 5.41) is 4.46. The van der Waals surface area contributed by atoms with Crippen molar-refractivity contribution in [2.75, 3.05) is 36.4 Å². The molecule has 1 saturated heterocycles. The van der Waals surface area contributed by atoms with Gasteiger partial charge in [-0.3, -0.25) is 4.79 Å². The minimum Gasteiger partial charge on any atom is -0.359 e. The lowest BCUT2D eigenvalue weighted by Gasteiger charge is -2.34. The zero-order valence-electron chi connectivity index (χ0n) is 18.4. The maximum atomic E-state index is 12.7. The normalized spacial score (nSPS) is 14.4. The van der Waals surface area contributed by atoms with Gasteiger partial charge in [0.1, 0.15) is 6.54 Å². The van der Waals surface area contributed by atoms with Crippen LogP contribution in [0.2, 0.25) is 10.0 Å². The first-order valence-electron chi connectivity index (χ1n) is 10.9. The van der Waals surface area contributed by atoms with Crippen molar-refractivity contribution in [2.45, 2.75) is 20.4 Å². The molecular weight excluding hydrogens is 441 g/mol. The van der Waals surface area contributed by atoms with Crippen LogP contribution in [0.1, 0.15) is 27.0 Å². The van der Waals surface area contributed by atoms with Gasteiger partial charge in [0, 0.05) is 21.8 Å². The summed E-state index contributed by atoms with van der Waals surface area (Å²) >= 11 is 12.9. The van der Waals surface area contributed by atoms with Crippen LogP contribution in [-0.2, 0) is 6.54 Å². The highest BCUT2D eigenvalue weighted by Gasteiger charge is 2.22. The zero-order chi connectivity index (χ0) is 22.7. The number of carbonyl (C=O) groups excluding carboxylic acids is 1. The number of carbonyl (C=O) groups is 1. The molecule has 0 radical (unpaired) electrons. The third kappa shape index (κ3) is 5.26. The van der Waals surface area contributed by atoms with E-state index in [1.807, 2.05) is 68.4 Å². The van der Waals surface area contributed by atoms with E-state index in [9.17, 15) is 4.79 Å². The molecule has 0 unspecified atom stereocenters. The molecule has 0 spiro atoms. The third-order valence-corrected chi connectivity index (χ3v) is 6.71. The van der Waals surface area contributed by atoms with Gasteiger partial charge in [0.15, 0.2) is 0 Å². The molecule has 166 valence electrons. The van der Waals surface area contributed by atoms with E-state index in [4.69, 9.17) is 23.2 Å². The van der Waals surface area contributed by atoms with Crippen molar-refractivity contribution in [2.24, 2.45) is 0 Å². The molecule has 0 aliphatic carbocycles. The Labute approximate surface area is 199 Å². The molecule has 1 aliphatic heterocycles. The summed E-state index contributed by atoms with van der Waals surface area (Å²) in [6.07, 6.45) is 0. The number of aryl methyl sites for hydroxylation is 2. The fourth-order valence-corrected chi connectivity index (χ4v) is 4.76. The molecule has 1 heterocycles. The van der Waals surface area contributed by atoms with Gasteiger partial charge in [-0.15, -0.1) is 0 Å². The number of benzene rings is 3. The van der Waals surface area contributed by atoms with Crippen molar-refractivity contribution in [3.05, 3.63) is 93.0 Å². The first kappa shape index (κ1) is 22.7. The van der Waals surface area contributed by atoms with Crippen LogP contribution in [0.4, 0.5) is 11.4 Å². The summed E-state index contributed by atoms with van der Waals surface area (Å²) in [6.45, 7) is 8.79. The summed E-state index contributed by atoms with van der Waals surface area (Å²) in [6, 6.07) is 19.6. The van der Waals surface area contributed by atoms with E-state index in [1.165, 1.54) is 10.5 Å². The monoisotopic (exact) mass is 468 g/mol. The van der Waals surface area contributed by atoms with Crippen LogP contribution in [0.25, 0.3) is 0 Å². The number of rotatable bonds is 5. The number of halogens is 2. The van der Waals surface area contributed by atoms with Crippen LogP contribution < -0.4 is 15.1 Å². The number of piperazine rings is 1. The lowest BCUT2D eigenvalue weighted by atomic mass is 10.1. The van der Waals surface area contributed by atoms with Crippen molar-refractivity contribution in [3.8, 4) is 0 Å². The van der Waals surface area contributed by atoms with Crippen LogP contribution >= 0.6 is 23.2 Å². The Morgan fingerprint density at radius 3 is 2.41 bits per heavy atom. The fraction of sp³-hybridized carbons (Fsp3) is 0.269. The predicted molar refractivity (Wildman–Crippen MR) is 133 cm³/mol. The van der Waals surface area contributed by atoms with Crippen molar-refractivity contribution in [1.29, 1.82) is 0 Å². The average molecular weight is 469 g/mol. The number of hydrogen-bond acceptors (Lipinski definition) is 2. The number of hydrogen-bond donors (Lipinski definition) is 2. The second-order valence-corrected chi connectivity index (χ2v) is 9.26. The largest absolute Gasteiger partial charge is 0.359 e. The molecule has 1 aliphatic rings. The number of nitrogens with zero attached hydrogens (tertiary/aromatic N) is 1. The lowest BCUT2D eigenvalue weighted by molar-refractivity contribution is -0.914. The molecule has 4 nitrogen and oxygen atoms in total. The van der Waals surface area contributed by atoms with E-state index in [0.717, 1.165) is 54.6 Å². The first-order valence-corrected chi connectivity index (χ1v) is 11.7. The van der Waals surface area contributed by atoms with E-state index >= 15 is 0 Å². The van der Waals surface area contributed by atoms with Gasteiger partial charge in [0.2, 0.25) is 0 Å². The van der Waals surface area contributed by atoms with Crippen molar-refractivity contribution in [1.82, 2.24) is 0 Å². The predicted octanol–water partition coefficient (Wildman–Crippen LogP) is 4.77. The van der Waals surface area contributed by atoms with Crippen LogP contribution in [0, 0.1) is 13.8 Å². The summed E-state index contributed by atoms with van der Waals surface area (Å²) < 4.78 is 0. The Morgan fingerprint density at radius 1 is 0.969 bits per heavy atom. The summed E-state index contributed by atoms with van der Waals surface area (Å²) in [7, 11) is 0. The quantitative estimate of drug-likeness (QED) is 0.565. The SMILES string of the molecule is Cc1ccc(C(=O)Nc2ccc(N3CC[NH+](Cc4ccccc4Cl)CC3)c(Cl)c2)c(C)c1. The molecule has 2 N–H and O–H groups in total. The maximum Gasteiger partial charge on any atom is 0.255 e.